The maximum absolute atomic E-state index is 12.8. The summed E-state index contributed by atoms with van der Waals surface area (Å²) in [6.07, 6.45) is -0.711. The second-order valence-electron chi connectivity index (χ2n) is 4.98. The average molecular weight is 273 g/mol. The predicted molar refractivity (Wildman–Crippen MR) is 66.7 cm³/mol. The van der Waals surface area contributed by atoms with Crippen LogP contribution in [0.25, 0.3) is 0 Å². The van der Waals surface area contributed by atoms with Gasteiger partial charge in [0, 0.05) is 45.1 Å². The lowest BCUT2D eigenvalue weighted by Crippen LogP contribution is -2.37. The van der Waals surface area contributed by atoms with Gasteiger partial charge in [-0.2, -0.15) is 13.2 Å². The Labute approximate surface area is 110 Å². The molecule has 106 valence electrons. The molecular formula is C13H18F3N3. The summed E-state index contributed by atoms with van der Waals surface area (Å²) in [6, 6.07) is 1.88. The first-order valence-electron chi connectivity index (χ1n) is 6.36. The molecule has 1 saturated heterocycles. The fourth-order valence-corrected chi connectivity index (χ4v) is 2.25. The fourth-order valence-electron chi connectivity index (χ4n) is 2.25. The summed E-state index contributed by atoms with van der Waals surface area (Å²) < 4.78 is 38.5. The van der Waals surface area contributed by atoms with E-state index in [0.717, 1.165) is 11.1 Å². The molecule has 0 aromatic carbocycles. The van der Waals surface area contributed by atoms with Crippen LogP contribution in [0.5, 0.6) is 0 Å². The van der Waals surface area contributed by atoms with Gasteiger partial charge >= 0.3 is 6.18 Å². The maximum atomic E-state index is 12.8. The van der Waals surface area contributed by atoms with Crippen LogP contribution in [0.4, 0.5) is 13.2 Å². The first-order chi connectivity index (χ1) is 8.97. The molecule has 0 saturated carbocycles. The summed E-state index contributed by atoms with van der Waals surface area (Å²) in [5.74, 6) is -1.30. The molecule has 19 heavy (non-hydrogen) atoms. The van der Waals surface area contributed by atoms with E-state index >= 15 is 0 Å². The van der Waals surface area contributed by atoms with Crippen LogP contribution in [0.2, 0.25) is 0 Å². The molecule has 1 aromatic heterocycles. The summed E-state index contributed by atoms with van der Waals surface area (Å²) in [5.41, 5.74) is 2.06. The average Bonchev–Trinajstić information content (AvgIpc) is 2.57. The van der Waals surface area contributed by atoms with Crippen LogP contribution < -0.4 is 5.32 Å². The van der Waals surface area contributed by atoms with Gasteiger partial charge in [-0.05, 0) is 24.1 Å². The van der Waals surface area contributed by atoms with Gasteiger partial charge in [0.15, 0.2) is 0 Å². The van der Waals surface area contributed by atoms with E-state index in [4.69, 9.17) is 0 Å². The van der Waals surface area contributed by atoms with E-state index in [1.807, 2.05) is 17.9 Å². The Bertz CT molecular complexity index is 420. The molecule has 1 aliphatic rings. The first-order valence-corrected chi connectivity index (χ1v) is 6.36. The molecule has 0 spiro atoms. The molecule has 6 heteroatoms. The molecule has 1 aliphatic heterocycles. The fraction of sp³-hybridized carbons (Fsp3) is 0.615. The van der Waals surface area contributed by atoms with Gasteiger partial charge < -0.3 is 5.32 Å². The smallest absolute Gasteiger partial charge is 0.315 e. The van der Waals surface area contributed by atoms with Gasteiger partial charge in [0.2, 0.25) is 0 Å². The summed E-state index contributed by atoms with van der Waals surface area (Å²) in [4.78, 5) is 5.89. The second kappa shape index (κ2) is 5.88. The largest absolute Gasteiger partial charge is 0.394 e. The van der Waals surface area contributed by atoms with Crippen molar-refractivity contribution in [3.63, 3.8) is 0 Å². The van der Waals surface area contributed by atoms with E-state index in [0.29, 0.717) is 19.6 Å². The number of hydrogen-bond donors (Lipinski definition) is 1. The molecule has 0 amide bonds. The van der Waals surface area contributed by atoms with Gasteiger partial charge in [0.05, 0.1) is 5.92 Å². The SMILES string of the molecule is Cc1ccncc1CN1CCNCC(C(F)(F)F)C1. The standard InChI is InChI=1S/C13H18F3N3/c1-10-2-3-17-6-11(10)8-19-5-4-18-7-12(9-19)13(14,15)16/h2-3,6,12,18H,4-5,7-9H2,1H3. The van der Waals surface area contributed by atoms with E-state index in [1.165, 1.54) is 0 Å². The molecular weight excluding hydrogens is 255 g/mol. The highest BCUT2D eigenvalue weighted by Crippen LogP contribution is 2.27. The molecule has 3 nitrogen and oxygen atoms in total. The number of rotatable bonds is 2. The topological polar surface area (TPSA) is 28.2 Å². The highest BCUT2D eigenvalue weighted by atomic mass is 19.4. The molecule has 1 N–H and O–H groups in total. The molecule has 0 radical (unpaired) electrons. The predicted octanol–water partition coefficient (Wildman–Crippen LogP) is 1.97. The lowest BCUT2D eigenvalue weighted by atomic mass is 10.1. The van der Waals surface area contributed by atoms with Crippen molar-refractivity contribution in [1.29, 1.82) is 0 Å². The quantitative estimate of drug-likeness (QED) is 0.893. The van der Waals surface area contributed by atoms with Crippen LogP contribution in [-0.2, 0) is 6.54 Å². The molecule has 2 rings (SSSR count). The van der Waals surface area contributed by atoms with E-state index < -0.39 is 12.1 Å². The lowest BCUT2D eigenvalue weighted by Gasteiger charge is -2.25. The molecule has 0 bridgehead atoms. The zero-order valence-corrected chi connectivity index (χ0v) is 10.9. The summed E-state index contributed by atoms with van der Waals surface area (Å²) in [5, 5.41) is 2.86. The Morgan fingerprint density at radius 2 is 2.26 bits per heavy atom. The van der Waals surface area contributed by atoms with Crippen LogP contribution in [0, 0.1) is 12.8 Å². The van der Waals surface area contributed by atoms with Crippen molar-refractivity contribution in [1.82, 2.24) is 15.2 Å². The third-order valence-corrected chi connectivity index (χ3v) is 3.48. The highest BCUT2D eigenvalue weighted by Gasteiger charge is 2.40. The number of pyridine rings is 1. The van der Waals surface area contributed by atoms with Crippen molar-refractivity contribution in [2.75, 3.05) is 26.2 Å². The van der Waals surface area contributed by atoms with Gasteiger partial charge in [-0.1, -0.05) is 0 Å². The zero-order chi connectivity index (χ0) is 13.9. The minimum absolute atomic E-state index is 0.00597. The zero-order valence-electron chi connectivity index (χ0n) is 10.9. The van der Waals surface area contributed by atoms with E-state index in [9.17, 15) is 13.2 Å². The number of aryl methyl sites for hydroxylation is 1. The third-order valence-electron chi connectivity index (χ3n) is 3.48. The molecule has 1 aromatic rings. The van der Waals surface area contributed by atoms with Crippen molar-refractivity contribution >= 4 is 0 Å². The van der Waals surface area contributed by atoms with Crippen molar-refractivity contribution in [3.05, 3.63) is 29.6 Å². The van der Waals surface area contributed by atoms with Crippen molar-refractivity contribution in [2.24, 2.45) is 5.92 Å². The summed E-state index contributed by atoms with van der Waals surface area (Å²) >= 11 is 0. The number of hydrogen-bond acceptors (Lipinski definition) is 3. The number of alkyl halides is 3. The van der Waals surface area contributed by atoms with Gasteiger partial charge in [-0.15, -0.1) is 0 Å². The first kappa shape index (κ1) is 14.3. The third kappa shape index (κ3) is 3.91. The Morgan fingerprint density at radius 1 is 1.47 bits per heavy atom. The Balaban J connectivity index is 2.05. The van der Waals surface area contributed by atoms with Crippen LogP contribution in [0.15, 0.2) is 18.5 Å². The van der Waals surface area contributed by atoms with Crippen LogP contribution in [-0.4, -0.2) is 42.2 Å². The van der Waals surface area contributed by atoms with Gasteiger partial charge in [-0.3, -0.25) is 9.88 Å². The van der Waals surface area contributed by atoms with Crippen molar-refractivity contribution in [2.45, 2.75) is 19.6 Å². The van der Waals surface area contributed by atoms with E-state index in [2.05, 4.69) is 10.3 Å². The molecule has 0 aliphatic carbocycles. The highest BCUT2D eigenvalue weighted by molar-refractivity contribution is 5.21. The summed E-state index contributed by atoms with van der Waals surface area (Å²) in [6.45, 7) is 3.74. The van der Waals surface area contributed by atoms with Crippen LogP contribution in [0.1, 0.15) is 11.1 Å². The Morgan fingerprint density at radius 3 is 2.95 bits per heavy atom. The number of nitrogens with zero attached hydrogens (tertiary/aromatic N) is 2. The molecule has 1 atom stereocenters. The minimum Gasteiger partial charge on any atom is -0.315 e. The summed E-state index contributed by atoms with van der Waals surface area (Å²) in [7, 11) is 0. The number of aromatic nitrogens is 1. The van der Waals surface area contributed by atoms with Crippen molar-refractivity contribution in [3.8, 4) is 0 Å². The van der Waals surface area contributed by atoms with Crippen LogP contribution >= 0.6 is 0 Å². The normalized spacial score (nSPS) is 22.2. The van der Waals surface area contributed by atoms with Gasteiger partial charge in [-0.25, -0.2) is 0 Å². The number of nitrogens with one attached hydrogen (secondary N) is 1. The number of halogens is 3. The molecule has 1 fully saturated rings. The lowest BCUT2D eigenvalue weighted by molar-refractivity contribution is -0.176. The minimum atomic E-state index is -4.14. The molecule has 2 heterocycles. The molecule has 1 unspecified atom stereocenters. The van der Waals surface area contributed by atoms with Crippen molar-refractivity contribution < 1.29 is 13.2 Å². The van der Waals surface area contributed by atoms with E-state index in [-0.39, 0.29) is 13.1 Å². The van der Waals surface area contributed by atoms with Crippen LogP contribution in [0.3, 0.4) is 0 Å². The Kier molecular flexibility index (Phi) is 4.42. The van der Waals surface area contributed by atoms with Gasteiger partial charge in [0.25, 0.3) is 0 Å². The second-order valence-corrected chi connectivity index (χ2v) is 4.98. The van der Waals surface area contributed by atoms with E-state index in [1.54, 1.807) is 12.4 Å². The van der Waals surface area contributed by atoms with Gasteiger partial charge in [0.1, 0.15) is 0 Å². The Hall–Kier alpha value is -1.14. The monoisotopic (exact) mass is 273 g/mol. The maximum Gasteiger partial charge on any atom is 0.394 e.